The second kappa shape index (κ2) is 11.3. The molecule has 0 radical (unpaired) electrons. The van der Waals surface area contributed by atoms with Crippen molar-refractivity contribution in [3.63, 3.8) is 0 Å². The zero-order chi connectivity index (χ0) is 25.8. The van der Waals surface area contributed by atoms with Crippen LogP contribution in [-0.2, 0) is 9.53 Å². The number of rotatable bonds is 7. The highest BCUT2D eigenvalue weighted by molar-refractivity contribution is 7.15. The quantitative estimate of drug-likeness (QED) is 0.347. The highest BCUT2D eigenvalue weighted by atomic mass is 32.1. The minimum Gasteiger partial charge on any atom is -0.378 e. The number of amides is 2. The number of benzene rings is 2. The largest absolute Gasteiger partial charge is 0.378 e. The Morgan fingerprint density at radius 3 is 2.57 bits per heavy atom. The van der Waals surface area contributed by atoms with Gasteiger partial charge in [0.1, 0.15) is 11.3 Å². The molecule has 2 aromatic carbocycles. The van der Waals surface area contributed by atoms with Gasteiger partial charge in [-0.25, -0.2) is 4.39 Å². The van der Waals surface area contributed by atoms with E-state index >= 15 is 0 Å². The Labute approximate surface area is 221 Å². The molecule has 2 aromatic heterocycles. The molecule has 0 saturated carbocycles. The zero-order valence-corrected chi connectivity index (χ0v) is 21.7. The van der Waals surface area contributed by atoms with E-state index < -0.39 is 5.92 Å². The first-order chi connectivity index (χ1) is 18.0. The number of nitrogens with one attached hydrogen (secondary N) is 1. The molecule has 1 aliphatic heterocycles. The SMILES string of the molecule is C[C@@H](C(=O)Nc1nncs1)[C@H](c1cccc(F)c1)c1ccc(-c2ccc(C(=O)N3CCOCC3)cc2)s1. The van der Waals surface area contributed by atoms with Gasteiger partial charge < -0.3 is 15.0 Å². The summed E-state index contributed by atoms with van der Waals surface area (Å²) in [6.45, 7) is 4.15. The van der Waals surface area contributed by atoms with Crippen molar-refractivity contribution in [3.8, 4) is 10.4 Å². The standard InChI is InChI=1S/C27H25FN4O3S2/c1-17(25(33)30-27-31-29-16-36-27)24(20-3-2-4-21(28)15-20)23-10-9-22(37-23)18-5-7-19(8-6-18)26(34)32-11-13-35-14-12-32/h2-10,15-17,24H,11-14H2,1H3,(H,30,31,33)/t17-,24-/m1/s1. The van der Waals surface area contributed by atoms with Crippen LogP contribution >= 0.6 is 22.7 Å². The number of ether oxygens (including phenoxy) is 1. The predicted octanol–water partition coefficient (Wildman–Crippen LogP) is 5.28. The van der Waals surface area contributed by atoms with Crippen molar-refractivity contribution in [2.75, 3.05) is 31.6 Å². The molecule has 3 heterocycles. The van der Waals surface area contributed by atoms with Gasteiger partial charge in [-0.15, -0.1) is 21.5 Å². The molecule has 1 fully saturated rings. The average Bonchev–Trinajstić information content (AvgIpc) is 3.62. The van der Waals surface area contributed by atoms with Crippen molar-refractivity contribution in [2.24, 2.45) is 5.92 Å². The Balaban J connectivity index is 1.39. The molecule has 5 rings (SSSR count). The van der Waals surface area contributed by atoms with Crippen LogP contribution in [0.15, 0.2) is 66.2 Å². The van der Waals surface area contributed by atoms with Gasteiger partial charge in [0.25, 0.3) is 5.91 Å². The lowest BCUT2D eigenvalue weighted by atomic mass is 9.85. The van der Waals surface area contributed by atoms with E-state index in [2.05, 4.69) is 15.5 Å². The summed E-state index contributed by atoms with van der Waals surface area (Å²) in [7, 11) is 0. The number of hydrogen-bond acceptors (Lipinski definition) is 7. The van der Waals surface area contributed by atoms with Crippen LogP contribution in [0.25, 0.3) is 10.4 Å². The summed E-state index contributed by atoms with van der Waals surface area (Å²) in [6, 6.07) is 17.9. The van der Waals surface area contributed by atoms with Gasteiger partial charge in [-0.1, -0.05) is 42.5 Å². The Morgan fingerprint density at radius 1 is 1.08 bits per heavy atom. The van der Waals surface area contributed by atoms with E-state index in [0.29, 0.717) is 37.0 Å². The van der Waals surface area contributed by atoms with Crippen LogP contribution in [-0.4, -0.2) is 53.2 Å². The second-order valence-corrected chi connectivity index (χ2v) is 10.7. The van der Waals surface area contributed by atoms with Gasteiger partial charge in [-0.05, 0) is 47.5 Å². The number of hydrogen-bond donors (Lipinski definition) is 1. The zero-order valence-electron chi connectivity index (χ0n) is 20.1. The summed E-state index contributed by atoms with van der Waals surface area (Å²) in [5.74, 6) is -1.41. The van der Waals surface area contributed by atoms with Crippen LogP contribution < -0.4 is 5.32 Å². The molecule has 2 amide bonds. The number of nitrogens with zero attached hydrogens (tertiary/aromatic N) is 3. The second-order valence-electron chi connectivity index (χ2n) is 8.74. The maximum atomic E-state index is 14.2. The molecular weight excluding hydrogens is 511 g/mol. The number of anilines is 1. The van der Waals surface area contributed by atoms with Crippen molar-refractivity contribution < 1.29 is 18.7 Å². The van der Waals surface area contributed by atoms with E-state index in [1.54, 1.807) is 27.8 Å². The molecule has 0 aliphatic carbocycles. The lowest BCUT2D eigenvalue weighted by Crippen LogP contribution is -2.40. The summed E-state index contributed by atoms with van der Waals surface area (Å²) in [4.78, 5) is 29.6. The van der Waals surface area contributed by atoms with E-state index in [1.807, 2.05) is 49.4 Å². The number of morpholine rings is 1. The first-order valence-electron chi connectivity index (χ1n) is 11.9. The van der Waals surface area contributed by atoms with E-state index in [9.17, 15) is 14.0 Å². The summed E-state index contributed by atoms with van der Waals surface area (Å²) < 4.78 is 19.5. The molecule has 2 atom stereocenters. The molecule has 0 spiro atoms. The lowest BCUT2D eigenvalue weighted by Gasteiger charge is -2.26. The molecule has 0 unspecified atom stereocenters. The highest BCUT2D eigenvalue weighted by Crippen LogP contribution is 2.40. The number of halogens is 1. The molecule has 1 saturated heterocycles. The van der Waals surface area contributed by atoms with Crippen LogP contribution in [0.3, 0.4) is 0 Å². The van der Waals surface area contributed by atoms with Gasteiger partial charge in [0.15, 0.2) is 0 Å². The highest BCUT2D eigenvalue weighted by Gasteiger charge is 2.29. The molecule has 0 bridgehead atoms. The van der Waals surface area contributed by atoms with Gasteiger partial charge in [0, 0.05) is 40.2 Å². The van der Waals surface area contributed by atoms with Crippen molar-refractivity contribution in [2.45, 2.75) is 12.8 Å². The van der Waals surface area contributed by atoms with Crippen LogP contribution in [0.2, 0.25) is 0 Å². The molecule has 190 valence electrons. The molecule has 1 N–H and O–H groups in total. The lowest BCUT2D eigenvalue weighted by molar-refractivity contribution is -0.119. The van der Waals surface area contributed by atoms with Crippen LogP contribution in [0.1, 0.15) is 33.6 Å². The fraction of sp³-hybridized carbons (Fsp3) is 0.259. The van der Waals surface area contributed by atoms with Crippen LogP contribution in [0.4, 0.5) is 9.52 Å². The van der Waals surface area contributed by atoms with Crippen molar-refractivity contribution in [1.82, 2.24) is 15.1 Å². The van der Waals surface area contributed by atoms with Crippen LogP contribution in [0.5, 0.6) is 0 Å². The number of thiophene rings is 1. The third-order valence-electron chi connectivity index (χ3n) is 6.36. The minimum atomic E-state index is -0.495. The number of carbonyl (C=O) groups is 2. The summed E-state index contributed by atoms with van der Waals surface area (Å²) in [5, 5.41) is 10.9. The third kappa shape index (κ3) is 5.76. The Kier molecular flexibility index (Phi) is 7.68. The number of aromatic nitrogens is 2. The van der Waals surface area contributed by atoms with E-state index in [0.717, 1.165) is 20.9 Å². The maximum Gasteiger partial charge on any atom is 0.254 e. The average molecular weight is 537 g/mol. The molecule has 4 aromatic rings. The van der Waals surface area contributed by atoms with Gasteiger partial charge >= 0.3 is 0 Å². The normalized spacial score (nSPS) is 15.2. The Bertz CT molecular complexity index is 1370. The summed E-state index contributed by atoms with van der Waals surface area (Å²) >= 11 is 2.79. The summed E-state index contributed by atoms with van der Waals surface area (Å²) in [5.41, 5.74) is 3.89. The fourth-order valence-corrected chi connectivity index (χ4v) is 6.09. The molecule has 10 heteroatoms. The van der Waals surface area contributed by atoms with Gasteiger partial charge in [-0.2, -0.15) is 0 Å². The topological polar surface area (TPSA) is 84.4 Å². The Morgan fingerprint density at radius 2 is 1.86 bits per heavy atom. The van der Waals surface area contributed by atoms with Gasteiger partial charge in [0.2, 0.25) is 11.0 Å². The molecule has 37 heavy (non-hydrogen) atoms. The van der Waals surface area contributed by atoms with E-state index in [1.165, 1.54) is 23.5 Å². The maximum absolute atomic E-state index is 14.2. The molecule has 1 aliphatic rings. The first kappa shape index (κ1) is 25.2. The molecular formula is C27H25FN4O3S2. The van der Waals surface area contributed by atoms with Gasteiger partial charge in [0.05, 0.1) is 13.2 Å². The Hall–Kier alpha value is -3.47. The first-order valence-corrected chi connectivity index (χ1v) is 13.6. The monoisotopic (exact) mass is 536 g/mol. The van der Waals surface area contributed by atoms with E-state index in [-0.39, 0.29) is 23.5 Å². The van der Waals surface area contributed by atoms with Gasteiger partial charge in [-0.3, -0.25) is 9.59 Å². The van der Waals surface area contributed by atoms with Crippen molar-refractivity contribution >= 4 is 39.6 Å². The van der Waals surface area contributed by atoms with E-state index in [4.69, 9.17) is 4.74 Å². The number of carbonyl (C=O) groups excluding carboxylic acids is 2. The molecule has 7 nitrogen and oxygen atoms in total. The predicted molar refractivity (Wildman–Crippen MR) is 142 cm³/mol. The van der Waals surface area contributed by atoms with Crippen molar-refractivity contribution in [3.05, 3.63) is 88.0 Å². The van der Waals surface area contributed by atoms with Crippen molar-refractivity contribution in [1.29, 1.82) is 0 Å². The summed E-state index contributed by atoms with van der Waals surface area (Å²) in [6.07, 6.45) is 0. The third-order valence-corrected chi connectivity index (χ3v) is 8.18. The van der Waals surface area contributed by atoms with Crippen LogP contribution in [0, 0.1) is 11.7 Å². The smallest absolute Gasteiger partial charge is 0.254 e. The fourth-order valence-electron chi connectivity index (χ4n) is 4.40. The minimum absolute atomic E-state index is 0.00292.